The van der Waals surface area contributed by atoms with E-state index in [2.05, 4.69) is 16.3 Å². The Morgan fingerprint density at radius 3 is 2.61 bits per heavy atom. The Morgan fingerprint density at radius 1 is 1.12 bits per heavy atom. The number of amides is 1. The number of thiophene rings is 2. The van der Waals surface area contributed by atoms with E-state index in [0.29, 0.717) is 28.6 Å². The van der Waals surface area contributed by atoms with E-state index >= 15 is 0 Å². The number of carbonyl (C=O) groups excluding carboxylic acids is 2. The minimum Gasteiger partial charge on any atom is -0.493 e. The largest absolute Gasteiger partial charge is 0.493 e. The zero-order valence-electron chi connectivity index (χ0n) is 18.8. The quantitative estimate of drug-likeness (QED) is 0.470. The van der Waals surface area contributed by atoms with E-state index < -0.39 is 5.97 Å². The monoisotopic (exact) mass is 486 g/mol. The van der Waals surface area contributed by atoms with E-state index in [1.54, 1.807) is 43.9 Å². The highest BCUT2D eigenvalue weighted by atomic mass is 32.1. The normalized spacial score (nSPS) is 15.5. The molecule has 0 saturated carbocycles. The van der Waals surface area contributed by atoms with Crippen LogP contribution in [-0.2, 0) is 16.0 Å². The van der Waals surface area contributed by atoms with Crippen molar-refractivity contribution in [2.24, 2.45) is 0 Å². The molecule has 7 nitrogen and oxygen atoms in total. The molecule has 3 heterocycles. The van der Waals surface area contributed by atoms with Gasteiger partial charge in [0, 0.05) is 11.4 Å². The zero-order chi connectivity index (χ0) is 23.4. The van der Waals surface area contributed by atoms with Gasteiger partial charge < -0.3 is 19.5 Å². The van der Waals surface area contributed by atoms with Gasteiger partial charge in [0.15, 0.2) is 11.5 Å². The second-order valence-corrected chi connectivity index (χ2v) is 9.37. The van der Waals surface area contributed by atoms with Crippen molar-refractivity contribution >= 4 is 39.6 Å². The van der Waals surface area contributed by atoms with Crippen molar-refractivity contribution in [2.75, 3.05) is 39.2 Å². The minimum atomic E-state index is -0.432. The fraction of sp³-hybridized carbons (Fsp3) is 0.333. The molecule has 1 atom stereocenters. The second-order valence-electron chi connectivity index (χ2n) is 7.48. The number of rotatable bonds is 8. The van der Waals surface area contributed by atoms with Gasteiger partial charge in [-0.25, -0.2) is 4.79 Å². The number of fused-ring (bicyclic) bond motifs is 1. The van der Waals surface area contributed by atoms with Gasteiger partial charge in [-0.05, 0) is 59.5 Å². The summed E-state index contributed by atoms with van der Waals surface area (Å²) in [6.07, 6.45) is 0.790. The molecule has 174 valence electrons. The van der Waals surface area contributed by atoms with Gasteiger partial charge in [0.1, 0.15) is 5.00 Å². The average molecular weight is 487 g/mol. The lowest BCUT2D eigenvalue weighted by Crippen LogP contribution is -2.41. The van der Waals surface area contributed by atoms with E-state index in [0.717, 1.165) is 16.9 Å². The predicted octanol–water partition coefficient (Wildman–Crippen LogP) is 4.59. The molecule has 0 fully saturated rings. The number of nitrogens with zero attached hydrogens (tertiary/aromatic N) is 1. The van der Waals surface area contributed by atoms with Crippen LogP contribution in [0.15, 0.2) is 41.1 Å². The van der Waals surface area contributed by atoms with Crippen LogP contribution in [-0.4, -0.2) is 50.7 Å². The number of hydrogen-bond donors (Lipinski definition) is 1. The number of benzene rings is 1. The standard InChI is InChI=1S/C24H26N2O5S2/c1-4-31-24(28)16-8-11-33-23(16)25-21(27)14-26-9-7-15-12-18(29-2)19(30-3)13-17(15)22(26)20-6-5-10-32-20/h5-6,8,10-13,22H,4,7,9,14H2,1-3H3,(H,25,27). The summed E-state index contributed by atoms with van der Waals surface area (Å²) in [7, 11) is 3.26. The third kappa shape index (κ3) is 4.90. The molecular weight excluding hydrogens is 460 g/mol. The van der Waals surface area contributed by atoms with E-state index in [9.17, 15) is 9.59 Å². The molecule has 0 saturated heterocycles. The van der Waals surface area contributed by atoms with Gasteiger partial charge in [0.05, 0.1) is 39.0 Å². The van der Waals surface area contributed by atoms with Gasteiger partial charge in [-0.15, -0.1) is 22.7 Å². The molecule has 0 bridgehead atoms. The lowest BCUT2D eigenvalue weighted by atomic mass is 9.91. The zero-order valence-corrected chi connectivity index (χ0v) is 20.4. The lowest BCUT2D eigenvalue weighted by Gasteiger charge is -2.36. The summed E-state index contributed by atoms with van der Waals surface area (Å²) in [6.45, 7) is 2.95. The van der Waals surface area contributed by atoms with Crippen LogP contribution in [0.25, 0.3) is 0 Å². The van der Waals surface area contributed by atoms with Crippen molar-refractivity contribution < 1.29 is 23.8 Å². The molecule has 4 rings (SSSR count). The van der Waals surface area contributed by atoms with Gasteiger partial charge in [0.25, 0.3) is 0 Å². The first-order valence-electron chi connectivity index (χ1n) is 10.6. The molecule has 0 aliphatic carbocycles. The van der Waals surface area contributed by atoms with Crippen molar-refractivity contribution in [2.45, 2.75) is 19.4 Å². The summed E-state index contributed by atoms with van der Waals surface area (Å²) < 4.78 is 16.1. The molecule has 0 spiro atoms. The highest BCUT2D eigenvalue weighted by molar-refractivity contribution is 7.14. The Morgan fingerprint density at radius 2 is 1.91 bits per heavy atom. The summed E-state index contributed by atoms with van der Waals surface area (Å²) in [6, 6.07) is 9.75. The maximum Gasteiger partial charge on any atom is 0.341 e. The molecule has 1 aliphatic heterocycles. The molecule has 3 aromatic rings. The van der Waals surface area contributed by atoms with Gasteiger partial charge in [-0.1, -0.05) is 6.07 Å². The third-order valence-corrected chi connectivity index (χ3v) is 7.30. The van der Waals surface area contributed by atoms with Crippen LogP contribution in [0.1, 0.15) is 39.3 Å². The van der Waals surface area contributed by atoms with Gasteiger partial charge >= 0.3 is 5.97 Å². The number of carbonyl (C=O) groups is 2. The summed E-state index contributed by atoms with van der Waals surface area (Å²) in [5.74, 6) is 0.769. The number of anilines is 1. The average Bonchev–Trinajstić information content (AvgIpc) is 3.50. The maximum absolute atomic E-state index is 13.0. The fourth-order valence-electron chi connectivity index (χ4n) is 4.07. The molecule has 9 heteroatoms. The van der Waals surface area contributed by atoms with Crippen LogP contribution >= 0.6 is 22.7 Å². The highest BCUT2D eigenvalue weighted by Gasteiger charge is 2.32. The third-order valence-electron chi connectivity index (χ3n) is 5.55. The van der Waals surface area contributed by atoms with Gasteiger partial charge in [0.2, 0.25) is 5.91 Å². The first kappa shape index (κ1) is 23.3. The highest BCUT2D eigenvalue weighted by Crippen LogP contribution is 2.42. The fourth-order valence-corrected chi connectivity index (χ4v) is 5.74. The SMILES string of the molecule is CCOC(=O)c1ccsc1NC(=O)CN1CCc2cc(OC)c(OC)cc2C1c1cccs1. The Bertz CT molecular complexity index is 1130. The van der Waals surface area contributed by atoms with E-state index in [1.165, 1.54) is 16.9 Å². The van der Waals surface area contributed by atoms with Crippen LogP contribution in [0.4, 0.5) is 5.00 Å². The van der Waals surface area contributed by atoms with E-state index in [1.807, 2.05) is 23.6 Å². The molecule has 1 aliphatic rings. The van der Waals surface area contributed by atoms with Crippen molar-refractivity contribution in [1.82, 2.24) is 4.90 Å². The lowest BCUT2D eigenvalue weighted by molar-refractivity contribution is -0.117. The summed E-state index contributed by atoms with van der Waals surface area (Å²) in [4.78, 5) is 28.5. The first-order chi connectivity index (χ1) is 16.0. The number of hydrogen-bond acceptors (Lipinski definition) is 8. The topological polar surface area (TPSA) is 77.1 Å². The summed E-state index contributed by atoms with van der Waals surface area (Å²) >= 11 is 2.97. The van der Waals surface area contributed by atoms with E-state index in [4.69, 9.17) is 14.2 Å². The molecule has 1 N–H and O–H groups in total. The van der Waals surface area contributed by atoms with E-state index in [-0.39, 0.29) is 25.1 Å². The minimum absolute atomic E-state index is 0.0767. The number of esters is 1. The van der Waals surface area contributed by atoms with Crippen LogP contribution in [0.2, 0.25) is 0 Å². The Hall–Kier alpha value is -2.88. The molecule has 0 radical (unpaired) electrons. The number of methoxy groups -OCH3 is 2. The van der Waals surface area contributed by atoms with Crippen molar-refractivity contribution in [3.8, 4) is 11.5 Å². The molecular formula is C24H26N2O5S2. The number of nitrogens with one attached hydrogen (secondary N) is 1. The molecule has 1 amide bonds. The second kappa shape index (κ2) is 10.4. The van der Waals surface area contributed by atoms with Crippen molar-refractivity contribution in [3.05, 3.63) is 62.7 Å². The Balaban J connectivity index is 1.59. The van der Waals surface area contributed by atoms with Crippen LogP contribution in [0, 0.1) is 0 Å². The molecule has 2 aromatic heterocycles. The van der Waals surface area contributed by atoms with Gasteiger partial charge in [-0.3, -0.25) is 9.69 Å². The Kier molecular flexibility index (Phi) is 7.32. The molecule has 1 aromatic carbocycles. The van der Waals surface area contributed by atoms with Crippen molar-refractivity contribution in [3.63, 3.8) is 0 Å². The van der Waals surface area contributed by atoms with Crippen LogP contribution in [0.5, 0.6) is 11.5 Å². The smallest absolute Gasteiger partial charge is 0.341 e. The van der Waals surface area contributed by atoms with Crippen molar-refractivity contribution in [1.29, 1.82) is 0 Å². The summed E-state index contributed by atoms with van der Waals surface area (Å²) in [5, 5.41) is 7.23. The first-order valence-corrected chi connectivity index (χ1v) is 12.4. The molecule has 33 heavy (non-hydrogen) atoms. The van der Waals surface area contributed by atoms with Crippen LogP contribution in [0.3, 0.4) is 0 Å². The maximum atomic E-state index is 13.0. The Labute approximate surface area is 200 Å². The van der Waals surface area contributed by atoms with Crippen LogP contribution < -0.4 is 14.8 Å². The summed E-state index contributed by atoms with van der Waals surface area (Å²) in [5.41, 5.74) is 2.67. The predicted molar refractivity (Wildman–Crippen MR) is 130 cm³/mol. The number of ether oxygens (including phenoxy) is 3. The van der Waals surface area contributed by atoms with Gasteiger partial charge in [-0.2, -0.15) is 0 Å². The molecule has 1 unspecified atom stereocenters.